The molecule has 8 fully saturated rings. The molecule has 0 spiro atoms. The Bertz CT molecular complexity index is 5820. The summed E-state index contributed by atoms with van der Waals surface area (Å²) < 4.78 is 144. The predicted molar refractivity (Wildman–Crippen MR) is 583 cm³/mol. The van der Waals surface area contributed by atoms with Crippen LogP contribution in [0.2, 0.25) is 0 Å². The third kappa shape index (κ3) is 39.7. The van der Waals surface area contributed by atoms with E-state index in [0.29, 0.717) is 112 Å². The first kappa shape index (κ1) is 127. The normalized spacial score (nSPS) is 21.1. The molecule has 5 N–H and O–H groups in total. The van der Waals surface area contributed by atoms with Crippen LogP contribution in [0.1, 0.15) is 347 Å². The minimum Gasteiger partial charge on any atom is -0.508 e. The van der Waals surface area contributed by atoms with Crippen LogP contribution in [0, 0.1) is 46.5 Å². The summed E-state index contributed by atoms with van der Waals surface area (Å²) >= 11 is 9.94. The van der Waals surface area contributed by atoms with Gasteiger partial charge in [-0.2, -0.15) is 17.2 Å². The molecule has 7 heterocycles. The molecule has 7 aromatic rings. The maximum absolute atomic E-state index is 13.4. The molecular formula is C114H163Br3F2N4O23S2. The Morgan fingerprint density at radius 2 is 0.736 bits per heavy atom. The molecule has 3 aliphatic carbocycles. The van der Waals surface area contributed by atoms with Crippen molar-refractivity contribution < 1.29 is 117 Å². The lowest BCUT2D eigenvalue weighted by molar-refractivity contribution is -0.166. The van der Waals surface area contributed by atoms with E-state index in [4.69, 9.17) is 56.8 Å². The number of carboxylic acids is 1. The minimum atomic E-state index is -4.32. The number of aryl methyl sites for hydroxylation is 5. The van der Waals surface area contributed by atoms with Crippen LogP contribution in [0.15, 0.2) is 137 Å². The number of ether oxygens (including phenoxy) is 12. The SMILES string of the molecule is C.C.CC(C)(C)OC(=O)C(Br)CCBr.Cc1ccc(C2CCC(C)(C)OC2)c(O)c1.Cc1ccc(C2CCC(C)(C)OC2)c(OC(CCBr)C(=O)OC(C)(C)C)c1.Cc1ccc(C2CCC(C)(C)OC2)c(OC2(C(=O)NS(=O)(=O)c3cccc(F)n3)CC2)c1.Cc1ccc(C2CCC(C)(C)OC2)c(OC2(C(=O)O)CC2)c1.Cc1ccc(C2CCC(C)(C)OC2)c(OC2(C(=O)OC(C)(C)C)CC2)c1.NS(=O)(=O)c1cccc(F)n1. The van der Waals surface area contributed by atoms with Gasteiger partial charge in [0, 0.05) is 85.2 Å². The number of hydrogen-bond acceptors (Lipinski definition) is 24. The van der Waals surface area contributed by atoms with Gasteiger partial charge in [0.05, 0.1) is 61.0 Å². The molecule has 7 atom stereocenters. The van der Waals surface area contributed by atoms with Gasteiger partial charge in [-0.25, -0.2) is 42.6 Å². The van der Waals surface area contributed by atoms with E-state index in [-0.39, 0.29) is 83.3 Å². The molecule has 5 saturated heterocycles. The highest BCUT2D eigenvalue weighted by atomic mass is 79.9. The summed E-state index contributed by atoms with van der Waals surface area (Å²) in [6.45, 7) is 51.2. The lowest BCUT2D eigenvalue weighted by Crippen LogP contribution is -2.43. The highest BCUT2D eigenvalue weighted by Crippen LogP contribution is 2.50. The number of halogens is 5. The van der Waals surface area contributed by atoms with Crippen LogP contribution >= 0.6 is 47.8 Å². The number of alkyl halides is 3. The van der Waals surface area contributed by atoms with Crippen LogP contribution in [0.25, 0.3) is 0 Å². The number of phenols is 1. The number of amides is 1. The van der Waals surface area contributed by atoms with E-state index in [1.54, 1.807) is 0 Å². The van der Waals surface area contributed by atoms with Crippen molar-refractivity contribution in [1.29, 1.82) is 0 Å². The van der Waals surface area contributed by atoms with Crippen molar-refractivity contribution >= 4 is 97.6 Å². The average molecular weight is 2300 g/mol. The van der Waals surface area contributed by atoms with Gasteiger partial charge in [-0.05, 0) is 347 Å². The maximum Gasteiger partial charge on any atom is 0.351 e. The van der Waals surface area contributed by atoms with Crippen LogP contribution in [-0.2, 0) is 81.9 Å². The third-order valence-electron chi connectivity index (χ3n) is 26.0. The van der Waals surface area contributed by atoms with Gasteiger partial charge in [-0.15, -0.1) is 0 Å². The number of carboxylic acid groups (broad SMARTS) is 1. The number of hydrogen-bond donors (Lipinski definition) is 4. The molecule has 1 amide bonds. The smallest absolute Gasteiger partial charge is 0.351 e. The molecular weight excluding hydrogens is 2140 g/mol. The molecule has 7 unspecified atom stereocenters. The Morgan fingerprint density at radius 3 is 1.04 bits per heavy atom. The summed E-state index contributed by atoms with van der Waals surface area (Å²) in [5.41, 5.74) is 5.77. The number of nitrogens with zero attached hydrogens (tertiary/aromatic N) is 2. The Labute approximate surface area is 903 Å². The van der Waals surface area contributed by atoms with Crippen molar-refractivity contribution in [3.63, 3.8) is 0 Å². The number of sulfonamides is 2. The van der Waals surface area contributed by atoms with Gasteiger partial charge in [0.15, 0.2) is 21.8 Å². The van der Waals surface area contributed by atoms with Crippen LogP contribution < -0.4 is 28.8 Å². The monoisotopic (exact) mass is 2290 g/mol. The van der Waals surface area contributed by atoms with E-state index in [1.165, 1.54) is 12.1 Å². The predicted octanol–water partition coefficient (Wildman–Crippen LogP) is 25.1. The van der Waals surface area contributed by atoms with Gasteiger partial charge in [-0.1, -0.05) is 135 Å². The van der Waals surface area contributed by atoms with Crippen molar-refractivity contribution in [1.82, 2.24) is 14.7 Å². The number of carbonyl (C=O) groups excluding carboxylic acids is 4. The fraction of sp³-hybridized carbons (Fsp3) is 0.605. The number of pyridine rings is 2. The first-order valence-corrected chi connectivity index (χ1v) is 56.5. The fourth-order valence-corrected chi connectivity index (χ4v) is 20.0. The number of aromatic hydroxyl groups is 1. The molecule has 15 rings (SSSR count). The number of aliphatic carboxylic acids is 1. The molecule has 3 saturated carbocycles. The van der Waals surface area contributed by atoms with Gasteiger partial charge in [0.2, 0.25) is 23.1 Å². The Morgan fingerprint density at radius 1 is 0.432 bits per heavy atom. The molecule has 5 aliphatic heterocycles. The second-order valence-corrected chi connectivity index (χ2v) is 51.4. The summed E-state index contributed by atoms with van der Waals surface area (Å²) in [6.07, 6.45) is 14.1. The molecule has 27 nitrogen and oxygen atoms in total. The lowest BCUT2D eigenvalue weighted by atomic mass is 9.86. The third-order valence-corrected chi connectivity index (χ3v) is 29.8. The van der Waals surface area contributed by atoms with Gasteiger partial charge >= 0.3 is 23.9 Å². The van der Waals surface area contributed by atoms with Crippen molar-refractivity contribution in [2.75, 3.05) is 43.7 Å². The molecule has 824 valence electrons. The topological polar surface area (TPSA) is 369 Å². The Kier molecular flexibility index (Phi) is 45.0. The van der Waals surface area contributed by atoms with E-state index < -0.39 is 93.6 Å². The van der Waals surface area contributed by atoms with E-state index in [9.17, 15) is 59.8 Å². The molecule has 5 aromatic carbocycles. The zero-order valence-corrected chi connectivity index (χ0v) is 95.9. The average Bonchev–Trinajstić information content (AvgIpc) is 1.61. The number of nitrogens with one attached hydrogen (secondary N) is 1. The highest BCUT2D eigenvalue weighted by molar-refractivity contribution is 9.10. The first-order valence-electron chi connectivity index (χ1n) is 50.3. The van der Waals surface area contributed by atoms with E-state index >= 15 is 0 Å². The number of rotatable bonds is 25. The number of benzene rings is 5. The van der Waals surface area contributed by atoms with Crippen LogP contribution in [0.4, 0.5) is 8.78 Å². The summed E-state index contributed by atoms with van der Waals surface area (Å²) in [6, 6.07) is 37.1. The van der Waals surface area contributed by atoms with Gasteiger partial charge < -0.3 is 67.1 Å². The number of aromatic nitrogens is 2. The number of carbonyl (C=O) groups is 5. The van der Waals surface area contributed by atoms with Crippen molar-refractivity contribution in [2.45, 2.75) is 409 Å². The molecule has 0 bridgehead atoms. The molecule has 34 heteroatoms. The van der Waals surface area contributed by atoms with Crippen LogP contribution in [0.3, 0.4) is 0 Å². The second kappa shape index (κ2) is 52.6. The molecule has 0 radical (unpaired) electrons. The van der Waals surface area contributed by atoms with Gasteiger partial charge in [-0.3, -0.25) is 9.59 Å². The number of esters is 3. The zero-order chi connectivity index (χ0) is 109. The maximum atomic E-state index is 13.4. The van der Waals surface area contributed by atoms with Crippen LogP contribution in [0.5, 0.6) is 28.7 Å². The fourth-order valence-electron chi connectivity index (χ4n) is 16.7. The van der Waals surface area contributed by atoms with Crippen molar-refractivity contribution in [2.24, 2.45) is 5.14 Å². The van der Waals surface area contributed by atoms with Gasteiger partial charge in [0.1, 0.15) is 50.4 Å². The number of nitrogens with two attached hydrogens (primary N) is 1. The summed E-state index contributed by atoms with van der Waals surface area (Å²) in [5.74, 6) is 0.352. The highest BCUT2D eigenvalue weighted by Gasteiger charge is 2.58. The molecule has 148 heavy (non-hydrogen) atoms. The molecule has 8 aliphatic rings. The quantitative estimate of drug-likeness (QED) is 0.0179. The molecule has 2 aromatic heterocycles. The summed E-state index contributed by atoms with van der Waals surface area (Å²) in [5, 5.41) is 24.4. The summed E-state index contributed by atoms with van der Waals surface area (Å²) in [4.78, 5) is 67.0. The standard InChI is InChI=1S/C23H27FN2O5S.C22H33BrO4.C22H32O4.C18H24O4.C14H20O2.C8H14Br2O2.C5H5FN2O2S.2CH4/c1-15-7-8-17(16-9-10-22(2,3)30-14-16)18(13-15)31-23(11-12-23)21(27)26-32(28,29)20-6-4-5-19(24)25-20;1-15-7-8-17(16-9-11-22(5,6)25-14-16)19(13-15)26-18(10-12-23)20(24)27-21(2,3)4;1-15-7-8-17(16-9-10-21(5,6)24-14-16)18(13-15)25-22(11-12-22)19(23)26-20(2,3)4;1-12-4-5-14(13-6-7-17(2,3)21-11-13)15(10-12)22-18(8-9-18)16(19)20;1-10-4-5-12(13(15)8-10)11-6-7-14(2,3)16-9-11;1-8(2,3)12-7(11)6(10)4-5-9;6-4-2-1-3-5(8-4)11(7,9)10;;/h4-8,13,16H,9-12,14H2,1-3H3,(H,26,27);7-8,13,16,18H,9-12,14H2,1-6H3;7-8,13,16H,9-12,14H2,1-6H3;4-5,10,13H,6-9,11H2,1-3H3,(H,19,20);4-5,8,11,15H,6-7,9H2,1-3H3;6H,4-5H2,1-3H3;1-3H,(H2,7,9,10);2*1H4. The van der Waals surface area contributed by atoms with Crippen molar-refractivity contribution in [3.05, 3.63) is 195 Å². The number of primary sulfonamides is 1. The Balaban J connectivity index is 0.000000239. The van der Waals surface area contributed by atoms with Crippen molar-refractivity contribution in [3.8, 4) is 28.7 Å². The first-order chi connectivity index (χ1) is 67.7. The zero-order valence-electron chi connectivity index (χ0n) is 89.5. The minimum absolute atomic E-state index is 0. The number of phenolic OH excluding ortho intramolecular Hbond substituents is 1. The largest absolute Gasteiger partial charge is 0.508 e. The lowest BCUT2D eigenvalue weighted by Gasteiger charge is -2.35. The summed E-state index contributed by atoms with van der Waals surface area (Å²) in [7, 11) is -8.20. The van der Waals surface area contributed by atoms with Crippen LogP contribution in [-0.4, -0.2) is 183 Å². The van der Waals surface area contributed by atoms with E-state index in [2.05, 4.69) is 175 Å². The second-order valence-electron chi connectivity index (χ2n) is 45.5. The van der Waals surface area contributed by atoms with E-state index in [0.717, 1.165) is 167 Å². The van der Waals surface area contributed by atoms with Gasteiger partial charge in [0.25, 0.3) is 26.0 Å². The Hall–Kier alpha value is -8.29. The van der Waals surface area contributed by atoms with E-state index in [1.807, 2.05) is 150 Å².